The third kappa shape index (κ3) is 3.81. The number of furan rings is 1. The third-order valence-corrected chi connectivity index (χ3v) is 4.07. The Morgan fingerprint density at radius 1 is 1.36 bits per heavy atom. The van der Waals surface area contributed by atoms with Crippen LogP contribution in [0.15, 0.2) is 27.8 Å². The third-order valence-electron chi connectivity index (χ3n) is 4.07. The Kier molecular flexibility index (Phi) is 5.34. The number of hydrogen-bond donors (Lipinski definition) is 1. The Balaban J connectivity index is 1.63. The fourth-order valence-electron chi connectivity index (χ4n) is 2.97. The molecule has 0 saturated carbocycles. The van der Waals surface area contributed by atoms with E-state index in [1.165, 1.54) is 0 Å². The second-order valence-electron chi connectivity index (χ2n) is 5.66. The van der Waals surface area contributed by atoms with Gasteiger partial charge in [0.1, 0.15) is 18.4 Å². The second kappa shape index (κ2) is 7.65. The minimum absolute atomic E-state index is 0.142. The van der Waals surface area contributed by atoms with E-state index in [1.807, 2.05) is 12.1 Å². The first-order valence-corrected chi connectivity index (χ1v) is 8.15. The van der Waals surface area contributed by atoms with Gasteiger partial charge in [0.25, 0.3) is 0 Å². The minimum Gasteiger partial charge on any atom is -0.467 e. The zero-order valence-electron chi connectivity index (χ0n) is 13.2. The van der Waals surface area contributed by atoms with Crippen LogP contribution in [0.4, 0.5) is 0 Å². The van der Waals surface area contributed by atoms with Crippen LogP contribution in [-0.4, -0.2) is 55.9 Å². The van der Waals surface area contributed by atoms with Crippen LogP contribution in [0.2, 0.25) is 0 Å². The van der Waals surface area contributed by atoms with Gasteiger partial charge in [-0.15, -0.1) is 0 Å². The van der Waals surface area contributed by atoms with Crippen molar-refractivity contribution in [1.82, 2.24) is 10.2 Å². The molecule has 0 amide bonds. The van der Waals surface area contributed by atoms with Crippen molar-refractivity contribution in [1.29, 1.82) is 0 Å². The van der Waals surface area contributed by atoms with E-state index in [0.717, 1.165) is 57.4 Å². The molecule has 0 radical (unpaired) electrons. The highest BCUT2D eigenvalue weighted by molar-refractivity contribution is 5.80. The number of hydrogen-bond acceptors (Lipinski definition) is 4. The van der Waals surface area contributed by atoms with Crippen molar-refractivity contribution in [3.63, 3.8) is 0 Å². The molecule has 3 heterocycles. The lowest BCUT2D eigenvalue weighted by atomic mass is 10.1. The summed E-state index contributed by atoms with van der Waals surface area (Å²) in [5, 5.41) is 3.36. The number of nitrogens with one attached hydrogen (secondary N) is 1. The van der Waals surface area contributed by atoms with Crippen LogP contribution in [-0.2, 0) is 16.0 Å². The molecule has 2 saturated heterocycles. The Hall–Kier alpha value is -1.53. The molecular formula is C16H25N3O3. The summed E-state index contributed by atoms with van der Waals surface area (Å²) in [6, 6.07) is 3.83. The Morgan fingerprint density at radius 3 is 3.00 bits per heavy atom. The summed E-state index contributed by atoms with van der Waals surface area (Å²) >= 11 is 0. The van der Waals surface area contributed by atoms with Gasteiger partial charge in [0, 0.05) is 26.2 Å². The number of guanidine groups is 1. The molecule has 0 spiro atoms. The lowest BCUT2D eigenvalue weighted by Gasteiger charge is -2.37. The van der Waals surface area contributed by atoms with Crippen LogP contribution >= 0.6 is 0 Å². The van der Waals surface area contributed by atoms with Crippen LogP contribution < -0.4 is 5.32 Å². The van der Waals surface area contributed by atoms with E-state index < -0.39 is 0 Å². The van der Waals surface area contributed by atoms with E-state index in [9.17, 15) is 0 Å². The van der Waals surface area contributed by atoms with Gasteiger partial charge in [0.15, 0.2) is 5.96 Å². The molecule has 2 atom stereocenters. The summed E-state index contributed by atoms with van der Waals surface area (Å²) in [7, 11) is 0. The predicted octanol–water partition coefficient (Wildman–Crippen LogP) is 1.62. The fraction of sp³-hybridized carbons (Fsp3) is 0.688. The van der Waals surface area contributed by atoms with Gasteiger partial charge >= 0.3 is 0 Å². The molecule has 6 nitrogen and oxygen atoms in total. The summed E-state index contributed by atoms with van der Waals surface area (Å²) in [6.07, 6.45) is 4.29. The summed E-state index contributed by atoms with van der Waals surface area (Å²) in [4.78, 5) is 6.95. The van der Waals surface area contributed by atoms with E-state index in [1.54, 1.807) is 6.26 Å². The molecule has 6 heteroatoms. The molecule has 1 N–H and O–H groups in total. The zero-order valence-corrected chi connectivity index (χ0v) is 13.2. The fourth-order valence-corrected chi connectivity index (χ4v) is 2.97. The van der Waals surface area contributed by atoms with Crippen LogP contribution in [0.5, 0.6) is 0 Å². The molecule has 122 valence electrons. The van der Waals surface area contributed by atoms with E-state index >= 15 is 0 Å². The normalized spacial score (nSPS) is 26.4. The highest BCUT2D eigenvalue weighted by Crippen LogP contribution is 2.21. The molecule has 2 fully saturated rings. The largest absolute Gasteiger partial charge is 0.467 e. The van der Waals surface area contributed by atoms with Gasteiger partial charge in [0.2, 0.25) is 0 Å². The van der Waals surface area contributed by atoms with Crippen molar-refractivity contribution in [3.05, 3.63) is 24.2 Å². The zero-order chi connectivity index (χ0) is 15.2. The second-order valence-corrected chi connectivity index (χ2v) is 5.66. The predicted molar refractivity (Wildman–Crippen MR) is 83.8 cm³/mol. The molecule has 0 aromatic carbocycles. The van der Waals surface area contributed by atoms with Gasteiger partial charge in [-0.1, -0.05) is 0 Å². The highest BCUT2D eigenvalue weighted by atomic mass is 16.5. The lowest BCUT2D eigenvalue weighted by Crippen LogP contribution is -2.53. The van der Waals surface area contributed by atoms with Crippen LogP contribution in [0.1, 0.15) is 25.5 Å². The lowest BCUT2D eigenvalue weighted by molar-refractivity contribution is -0.0817. The molecule has 2 unspecified atom stereocenters. The highest BCUT2D eigenvalue weighted by Gasteiger charge is 2.32. The van der Waals surface area contributed by atoms with Gasteiger partial charge in [-0.25, -0.2) is 4.99 Å². The summed E-state index contributed by atoms with van der Waals surface area (Å²) in [5.74, 6) is 1.80. The van der Waals surface area contributed by atoms with E-state index in [4.69, 9.17) is 13.9 Å². The molecule has 0 aliphatic carbocycles. The van der Waals surface area contributed by atoms with Crippen LogP contribution in [0.25, 0.3) is 0 Å². The number of ether oxygens (including phenoxy) is 2. The summed E-state index contributed by atoms with van der Waals surface area (Å²) in [6.45, 7) is 6.74. The van der Waals surface area contributed by atoms with Crippen molar-refractivity contribution >= 4 is 5.96 Å². The first-order chi connectivity index (χ1) is 10.9. The molecule has 1 aromatic rings. The van der Waals surface area contributed by atoms with Crippen molar-refractivity contribution in [2.45, 2.75) is 38.5 Å². The minimum atomic E-state index is 0.142. The standard InChI is InChI=1S/C16H25N3O3/c1-2-17-16(18-11-13-5-3-8-20-13)19-7-10-22-15(12-19)14-6-4-9-21-14/h3,5,8,14-15H,2,4,6-7,9-12H2,1H3,(H,17,18). The monoisotopic (exact) mass is 307 g/mol. The Morgan fingerprint density at radius 2 is 2.27 bits per heavy atom. The molecule has 2 aliphatic heterocycles. The Bertz CT molecular complexity index is 469. The van der Waals surface area contributed by atoms with Gasteiger partial charge in [-0.2, -0.15) is 0 Å². The van der Waals surface area contributed by atoms with Crippen LogP contribution in [0, 0.1) is 0 Å². The SMILES string of the molecule is CCNC(=NCc1ccco1)N1CCOC(C2CCCO2)C1. The van der Waals surface area contributed by atoms with Crippen LogP contribution in [0.3, 0.4) is 0 Å². The molecule has 2 aliphatic rings. The van der Waals surface area contributed by atoms with Gasteiger partial charge in [-0.05, 0) is 31.9 Å². The van der Waals surface area contributed by atoms with Gasteiger partial charge < -0.3 is 24.1 Å². The van der Waals surface area contributed by atoms with Crippen molar-refractivity contribution in [3.8, 4) is 0 Å². The molecule has 3 rings (SSSR count). The van der Waals surface area contributed by atoms with Gasteiger partial charge in [-0.3, -0.25) is 0 Å². The first kappa shape index (κ1) is 15.4. The Labute approximate surface area is 131 Å². The number of rotatable bonds is 4. The van der Waals surface area contributed by atoms with E-state index in [2.05, 4.69) is 22.1 Å². The number of morpholine rings is 1. The summed E-state index contributed by atoms with van der Waals surface area (Å²) in [5.41, 5.74) is 0. The maximum atomic E-state index is 5.90. The maximum Gasteiger partial charge on any atom is 0.194 e. The van der Waals surface area contributed by atoms with Crippen molar-refractivity contribution < 1.29 is 13.9 Å². The topological polar surface area (TPSA) is 59.2 Å². The summed E-state index contributed by atoms with van der Waals surface area (Å²) < 4.78 is 17.0. The average Bonchev–Trinajstić information content (AvgIpc) is 3.24. The number of aliphatic imine (C=N–C) groups is 1. The van der Waals surface area contributed by atoms with Gasteiger partial charge in [0.05, 0.1) is 19.0 Å². The van der Waals surface area contributed by atoms with E-state index in [-0.39, 0.29) is 12.2 Å². The maximum absolute atomic E-state index is 5.90. The molecule has 22 heavy (non-hydrogen) atoms. The van der Waals surface area contributed by atoms with Crippen molar-refractivity contribution in [2.75, 3.05) is 32.8 Å². The molecule has 0 bridgehead atoms. The number of nitrogens with zero attached hydrogens (tertiary/aromatic N) is 2. The average molecular weight is 307 g/mol. The molecule has 1 aromatic heterocycles. The smallest absolute Gasteiger partial charge is 0.194 e. The molecular weight excluding hydrogens is 282 g/mol. The van der Waals surface area contributed by atoms with Crippen molar-refractivity contribution in [2.24, 2.45) is 4.99 Å². The quantitative estimate of drug-likeness (QED) is 0.677. The van der Waals surface area contributed by atoms with E-state index in [0.29, 0.717) is 6.54 Å². The first-order valence-electron chi connectivity index (χ1n) is 8.15.